The highest BCUT2D eigenvalue weighted by molar-refractivity contribution is 5.85. The summed E-state index contributed by atoms with van der Waals surface area (Å²) in [5.41, 5.74) is 6.66. The molecule has 1 amide bonds. The average Bonchev–Trinajstić information content (AvgIpc) is 3.10. The van der Waals surface area contributed by atoms with E-state index in [1.165, 1.54) is 53.7 Å². The van der Waals surface area contributed by atoms with Crippen LogP contribution in [-0.4, -0.2) is 41.4 Å². The van der Waals surface area contributed by atoms with Crippen LogP contribution in [0.25, 0.3) is 11.1 Å². The van der Waals surface area contributed by atoms with Gasteiger partial charge in [-0.15, -0.1) is 12.4 Å². The molecule has 0 radical (unpaired) electrons. The SMILES string of the molecule is CC(=O)N1CCc2cc(-c3ccc(CCN4CCCC4C)cc3)ccc2C1.Cl. The zero-order valence-corrected chi connectivity index (χ0v) is 17.8. The second-order valence-electron chi connectivity index (χ2n) is 8.15. The number of carbonyl (C=O) groups is 1. The summed E-state index contributed by atoms with van der Waals surface area (Å²) in [6, 6.07) is 16.5. The first-order chi connectivity index (χ1) is 13.1. The molecule has 2 aromatic rings. The zero-order valence-electron chi connectivity index (χ0n) is 17.0. The maximum Gasteiger partial charge on any atom is 0.219 e. The van der Waals surface area contributed by atoms with Gasteiger partial charge >= 0.3 is 0 Å². The van der Waals surface area contributed by atoms with Crippen LogP contribution < -0.4 is 0 Å². The number of fused-ring (bicyclic) bond motifs is 1. The van der Waals surface area contributed by atoms with Crippen LogP contribution in [0, 0.1) is 0 Å². The van der Waals surface area contributed by atoms with Crippen molar-refractivity contribution in [1.82, 2.24) is 9.80 Å². The summed E-state index contributed by atoms with van der Waals surface area (Å²) in [7, 11) is 0. The number of likely N-dealkylation sites (tertiary alicyclic amines) is 1. The summed E-state index contributed by atoms with van der Waals surface area (Å²) >= 11 is 0. The van der Waals surface area contributed by atoms with E-state index in [4.69, 9.17) is 0 Å². The summed E-state index contributed by atoms with van der Waals surface area (Å²) < 4.78 is 0. The second kappa shape index (κ2) is 9.11. The highest BCUT2D eigenvalue weighted by Gasteiger charge is 2.20. The van der Waals surface area contributed by atoms with Crippen LogP contribution in [-0.2, 0) is 24.2 Å². The molecule has 0 aromatic heterocycles. The van der Waals surface area contributed by atoms with Crippen molar-refractivity contribution in [2.45, 2.75) is 52.1 Å². The van der Waals surface area contributed by atoms with Crippen molar-refractivity contribution in [3.05, 3.63) is 59.2 Å². The van der Waals surface area contributed by atoms with Gasteiger partial charge in [0.2, 0.25) is 5.91 Å². The van der Waals surface area contributed by atoms with E-state index in [0.29, 0.717) is 0 Å². The minimum absolute atomic E-state index is 0. The van der Waals surface area contributed by atoms with Gasteiger partial charge in [0.05, 0.1) is 0 Å². The fourth-order valence-corrected chi connectivity index (χ4v) is 4.46. The third-order valence-corrected chi connectivity index (χ3v) is 6.33. The van der Waals surface area contributed by atoms with Crippen LogP contribution >= 0.6 is 12.4 Å². The van der Waals surface area contributed by atoms with E-state index in [1.54, 1.807) is 6.92 Å². The van der Waals surface area contributed by atoms with Crippen molar-refractivity contribution in [2.75, 3.05) is 19.6 Å². The maximum absolute atomic E-state index is 11.6. The van der Waals surface area contributed by atoms with Gasteiger partial charge in [-0.25, -0.2) is 0 Å². The number of hydrogen-bond acceptors (Lipinski definition) is 2. The molecule has 1 atom stereocenters. The summed E-state index contributed by atoms with van der Waals surface area (Å²) in [5, 5.41) is 0. The monoisotopic (exact) mass is 398 g/mol. The fourth-order valence-electron chi connectivity index (χ4n) is 4.46. The Labute approximate surface area is 175 Å². The highest BCUT2D eigenvalue weighted by atomic mass is 35.5. The Morgan fingerprint density at radius 3 is 2.46 bits per heavy atom. The van der Waals surface area contributed by atoms with Gasteiger partial charge in [0.1, 0.15) is 0 Å². The minimum Gasteiger partial charge on any atom is -0.338 e. The molecule has 4 rings (SSSR count). The molecule has 3 nitrogen and oxygen atoms in total. The lowest BCUT2D eigenvalue weighted by molar-refractivity contribution is -0.129. The Kier molecular flexibility index (Phi) is 6.79. The third kappa shape index (κ3) is 4.59. The molecular weight excluding hydrogens is 368 g/mol. The van der Waals surface area contributed by atoms with Crippen molar-refractivity contribution in [3.63, 3.8) is 0 Å². The van der Waals surface area contributed by atoms with Gasteiger partial charge in [0.25, 0.3) is 0 Å². The molecule has 0 aliphatic carbocycles. The number of benzene rings is 2. The second-order valence-corrected chi connectivity index (χ2v) is 8.15. The summed E-state index contributed by atoms with van der Waals surface area (Å²) in [5.74, 6) is 0.170. The Morgan fingerprint density at radius 2 is 1.79 bits per heavy atom. The van der Waals surface area contributed by atoms with E-state index in [0.717, 1.165) is 32.0 Å². The van der Waals surface area contributed by atoms with Gasteiger partial charge in [-0.3, -0.25) is 4.79 Å². The van der Waals surface area contributed by atoms with Crippen molar-refractivity contribution < 1.29 is 4.79 Å². The molecule has 1 unspecified atom stereocenters. The first kappa shape index (κ1) is 20.9. The number of carbonyl (C=O) groups excluding carboxylic acids is 1. The van der Waals surface area contributed by atoms with Crippen LogP contribution in [0.15, 0.2) is 42.5 Å². The molecule has 0 N–H and O–H groups in total. The Hall–Kier alpha value is -1.84. The van der Waals surface area contributed by atoms with E-state index in [2.05, 4.69) is 54.3 Å². The van der Waals surface area contributed by atoms with Gasteiger partial charge < -0.3 is 9.80 Å². The molecule has 0 bridgehead atoms. The lowest BCUT2D eigenvalue weighted by atomic mass is 9.94. The quantitative estimate of drug-likeness (QED) is 0.744. The van der Waals surface area contributed by atoms with Crippen molar-refractivity contribution in [3.8, 4) is 11.1 Å². The standard InChI is InChI=1S/C24H30N2O.ClH/c1-18-4-3-13-25(18)14-11-20-5-7-21(8-6-20)22-9-10-24-17-26(19(2)27)15-12-23(24)16-22;/h5-10,16,18H,3-4,11-15,17H2,1-2H3;1H. The Bertz CT molecular complexity index is 818. The van der Waals surface area contributed by atoms with E-state index in [9.17, 15) is 4.79 Å². The number of rotatable bonds is 4. The van der Waals surface area contributed by atoms with E-state index in [1.807, 2.05) is 4.90 Å². The molecule has 2 heterocycles. The van der Waals surface area contributed by atoms with Crippen LogP contribution in [0.1, 0.15) is 43.4 Å². The van der Waals surface area contributed by atoms with Crippen molar-refractivity contribution in [2.24, 2.45) is 0 Å². The highest BCUT2D eigenvalue weighted by Crippen LogP contribution is 2.27. The zero-order chi connectivity index (χ0) is 18.8. The molecule has 0 spiro atoms. The first-order valence-corrected chi connectivity index (χ1v) is 10.3. The van der Waals surface area contributed by atoms with Crippen LogP contribution in [0.2, 0.25) is 0 Å². The van der Waals surface area contributed by atoms with Gasteiger partial charge in [-0.1, -0.05) is 42.5 Å². The van der Waals surface area contributed by atoms with Gasteiger partial charge in [0, 0.05) is 32.6 Å². The molecule has 2 aliphatic rings. The largest absolute Gasteiger partial charge is 0.338 e. The molecule has 2 aromatic carbocycles. The van der Waals surface area contributed by atoms with Crippen LogP contribution in [0.5, 0.6) is 0 Å². The molecule has 150 valence electrons. The summed E-state index contributed by atoms with van der Waals surface area (Å²) in [6.45, 7) is 8.02. The molecule has 4 heteroatoms. The first-order valence-electron chi connectivity index (χ1n) is 10.3. The molecule has 1 fully saturated rings. The molecular formula is C24H31ClN2O. The van der Waals surface area contributed by atoms with Gasteiger partial charge in [-0.05, 0) is 67.0 Å². The van der Waals surface area contributed by atoms with Crippen LogP contribution in [0.4, 0.5) is 0 Å². The summed E-state index contributed by atoms with van der Waals surface area (Å²) in [6.07, 6.45) is 4.79. The average molecular weight is 399 g/mol. The van der Waals surface area contributed by atoms with E-state index >= 15 is 0 Å². The lowest BCUT2D eigenvalue weighted by Gasteiger charge is -2.28. The number of nitrogens with zero attached hydrogens (tertiary/aromatic N) is 2. The number of hydrogen-bond donors (Lipinski definition) is 0. The fraction of sp³-hybridized carbons (Fsp3) is 0.458. The normalized spacial score (nSPS) is 19.2. The smallest absolute Gasteiger partial charge is 0.219 e. The predicted molar refractivity (Wildman–Crippen MR) is 118 cm³/mol. The van der Waals surface area contributed by atoms with Crippen molar-refractivity contribution in [1.29, 1.82) is 0 Å². The molecule has 28 heavy (non-hydrogen) atoms. The number of amides is 1. The van der Waals surface area contributed by atoms with Crippen LogP contribution in [0.3, 0.4) is 0 Å². The predicted octanol–water partition coefficient (Wildman–Crippen LogP) is 4.71. The molecule has 0 saturated carbocycles. The Balaban J connectivity index is 0.00000225. The lowest BCUT2D eigenvalue weighted by Crippen LogP contribution is -2.34. The molecule has 2 aliphatic heterocycles. The minimum atomic E-state index is 0. The van der Waals surface area contributed by atoms with E-state index in [-0.39, 0.29) is 18.3 Å². The summed E-state index contributed by atoms with van der Waals surface area (Å²) in [4.78, 5) is 16.1. The maximum atomic E-state index is 11.6. The Morgan fingerprint density at radius 1 is 1.04 bits per heavy atom. The third-order valence-electron chi connectivity index (χ3n) is 6.33. The van der Waals surface area contributed by atoms with Gasteiger partial charge in [-0.2, -0.15) is 0 Å². The number of halogens is 1. The van der Waals surface area contributed by atoms with Gasteiger partial charge in [0.15, 0.2) is 0 Å². The topological polar surface area (TPSA) is 23.6 Å². The van der Waals surface area contributed by atoms with Crippen molar-refractivity contribution >= 4 is 18.3 Å². The molecule has 1 saturated heterocycles. The van der Waals surface area contributed by atoms with E-state index < -0.39 is 0 Å².